The van der Waals surface area contributed by atoms with Gasteiger partial charge in [0.15, 0.2) is 0 Å². The van der Waals surface area contributed by atoms with E-state index in [4.69, 9.17) is 11.6 Å². The Morgan fingerprint density at radius 1 is 0.852 bits per heavy atom. The number of halogens is 1. The van der Waals surface area contributed by atoms with E-state index >= 15 is 0 Å². The number of rotatable bonds is 7. The number of nitrogens with one attached hydrogen (secondary N) is 3. The molecule has 0 saturated heterocycles. The van der Waals surface area contributed by atoms with E-state index in [2.05, 4.69) is 81.0 Å². The van der Waals surface area contributed by atoms with Crippen LogP contribution >= 0.6 is 19.7 Å². The van der Waals surface area contributed by atoms with Crippen LogP contribution in [0.3, 0.4) is 0 Å². The Labute approximate surface area is 164 Å². The highest BCUT2D eigenvalue weighted by atomic mass is 35.5. The second kappa shape index (κ2) is 8.53. The van der Waals surface area contributed by atoms with Gasteiger partial charge in [-0.15, -0.1) is 0 Å². The summed E-state index contributed by atoms with van der Waals surface area (Å²) < 4.78 is 0. The largest absolute Gasteiger partial charge is 0.355 e. The zero-order valence-corrected chi connectivity index (χ0v) is 16.3. The fourth-order valence-corrected chi connectivity index (χ4v) is 5.01. The topological polar surface area (TPSA) is 52.7 Å². The molecule has 0 radical (unpaired) electrons. The Kier molecular flexibility index (Phi) is 5.69. The quantitative estimate of drug-likeness (QED) is 0.324. The van der Waals surface area contributed by atoms with Gasteiger partial charge in [-0.2, -0.15) is 0 Å². The van der Waals surface area contributed by atoms with Gasteiger partial charge in [0.05, 0.1) is 11.0 Å². The van der Waals surface area contributed by atoms with Crippen LogP contribution in [0, 0.1) is 0 Å². The molecule has 0 bridgehead atoms. The van der Waals surface area contributed by atoms with E-state index in [1.807, 2.05) is 18.2 Å². The van der Waals surface area contributed by atoms with Crippen LogP contribution in [0.2, 0.25) is 5.02 Å². The highest BCUT2D eigenvalue weighted by Gasteiger charge is 2.12. The predicted octanol–water partition coefficient (Wildman–Crippen LogP) is 4.27. The number of anilines is 1. The van der Waals surface area contributed by atoms with Gasteiger partial charge in [-0.1, -0.05) is 72.3 Å². The first-order valence-electron chi connectivity index (χ1n) is 8.82. The summed E-state index contributed by atoms with van der Waals surface area (Å²) in [4.78, 5) is 7.80. The van der Waals surface area contributed by atoms with Crippen molar-refractivity contribution in [2.45, 2.75) is 0 Å². The molecule has 27 heavy (non-hydrogen) atoms. The van der Waals surface area contributed by atoms with E-state index in [-0.39, 0.29) is 0 Å². The maximum absolute atomic E-state index is 6.03. The fraction of sp³-hybridized carbons (Fsp3) is 0.0952. The standard InChI is InChI=1S/C21H20ClN4P/c22-16-11-12-19-20(15-16)26-21(25-19)23-13-14-24-27(17-7-3-1-4-8-17)18-9-5-2-6-10-18/h1-12,15,24H,13-14H2,(H2,23,25,26). The third kappa shape index (κ3) is 4.48. The normalized spacial score (nSPS) is 11.2. The molecule has 4 nitrogen and oxygen atoms in total. The van der Waals surface area contributed by atoms with Crippen molar-refractivity contribution in [3.8, 4) is 0 Å². The molecule has 6 heteroatoms. The Morgan fingerprint density at radius 3 is 2.19 bits per heavy atom. The lowest BCUT2D eigenvalue weighted by Gasteiger charge is -2.20. The van der Waals surface area contributed by atoms with Gasteiger partial charge in [0.25, 0.3) is 0 Å². The molecule has 0 saturated carbocycles. The summed E-state index contributed by atoms with van der Waals surface area (Å²) >= 11 is 6.03. The second-order valence-electron chi connectivity index (χ2n) is 6.09. The van der Waals surface area contributed by atoms with Crippen LogP contribution in [0.15, 0.2) is 78.9 Å². The van der Waals surface area contributed by atoms with Crippen LogP contribution in [-0.2, 0) is 0 Å². The maximum atomic E-state index is 6.03. The highest BCUT2D eigenvalue weighted by molar-refractivity contribution is 7.71. The molecule has 0 amide bonds. The molecule has 136 valence electrons. The zero-order valence-electron chi connectivity index (χ0n) is 14.7. The van der Waals surface area contributed by atoms with Crippen molar-refractivity contribution in [1.29, 1.82) is 0 Å². The third-order valence-electron chi connectivity index (χ3n) is 4.16. The second-order valence-corrected chi connectivity index (χ2v) is 8.54. The van der Waals surface area contributed by atoms with Crippen LogP contribution in [0.5, 0.6) is 0 Å². The zero-order chi connectivity index (χ0) is 18.5. The average Bonchev–Trinajstić information content (AvgIpc) is 3.11. The summed E-state index contributed by atoms with van der Waals surface area (Å²) in [5.74, 6) is 0.762. The number of benzene rings is 3. The minimum Gasteiger partial charge on any atom is -0.355 e. The molecule has 0 atom stereocenters. The molecule has 4 aromatic rings. The van der Waals surface area contributed by atoms with E-state index in [0.29, 0.717) is 5.02 Å². The maximum Gasteiger partial charge on any atom is 0.201 e. The van der Waals surface area contributed by atoms with Crippen LogP contribution in [0.4, 0.5) is 5.95 Å². The first-order chi connectivity index (χ1) is 13.3. The van der Waals surface area contributed by atoms with Crippen LogP contribution in [0.1, 0.15) is 0 Å². The lowest BCUT2D eigenvalue weighted by atomic mass is 10.3. The minimum absolute atomic E-state index is 0.593. The molecule has 3 N–H and O–H groups in total. The van der Waals surface area contributed by atoms with Crippen molar-refractivity contribution in [3.05, 3.63) is 83.9 Å². The van der Waals surface area contributed by atoms with Crippen molar-refractivity contribution < 1.29 is 0 Å². The first kappa shape index (κ1) is 18.0. The molecular weight excluding hydrogens is 375 g/mol. The molecule has 0 aliphatic carbocycles. The lowest BCUT2D eigenvalue weighted by Crippen LogP contribution is -2.27. The number of imidazole rings is 1. The van der Waals surface area contributed by atoms with Crippen molar-refractivity contribution in [2.24, 2.45) is 0 Å². The van der Waals surface area contributed by atoms with E-state index in [1.165, 1.54) is 10.6 Å². The van der Waals surface area contributed by atoms with Gasteiger partial charge < -0.3 is 10.3 Å². The number of aromatic nitrogens is 2. The summed E-state index contributed by atoms with van der Waals surface area (Å²) in [7, 11) is -0.593. The van der Waals surface area contributed by atoms with Crippen LogP contribution in [0.25, 0.3) is 11.0 Å². The number of nitrogens with zero attached hydrogens (tertiary/aromatic N) is 1. The monoisotopic (exact) mass is 394 g/mol. The van der Waals surface area contributed by atoms with Crippen molar-refractivity contribution >= 4 is 47.3 Å². The van der Waals surface area contributed by atoms with E-state index in [0.717, 1.165) is 30.1 Å². The molecule has 0 unspecified atom stereocenters. The summed E-state index contributed by atoms with van der Waals surface area (Å²) in [6.07, 6.45) is 0. The molecule has 1 heterocycles. The molecular formula is C21H20ClN4P. The van der Waals surface area contributed by atoms with Gasteiger partial charge in [-0.25, -0.2) is 4.98 Å². The average molecular weight is 395 g/mol. The van der Waals surface area contributed by atoms with Gasteiger partial charge in [-0.05, 0) is 28.8 Å². The van der Waals surface area contributed by atoms with Crippen molar-refractivity contribution in [3.63, 3.8) is 0 Å². The smallest absolute Gasteiger partial charge is 0.201 e. The Hall–Kier alpha value is -2.39. The van der Waals surface area contributed by atoms with Gasteiger partial charge in [0, 0.05) is 26.2 Å². The Bertz CT molecular complexity index is 965. The number of hydrogen-bond acceptors (Lipinski definition) is 3. The van der Waals surface area contributed by atoms with E-state index in [1.54, 1.807) is 0 Å². The first-order valence-corrected chi connectivity index (χ1v) is 10.5. The molecule has 0 aliphatic heterocycles. The van der Waals surface area contributed by atoms with Gasteiger partial charge in [0.1, 0.15) is 0 Å². The van der Waals surface area contributed by atoms with Crippen LogP contribution < -0.4 is 21.0 Å². The lowest BCUT2D eigenvalue weighted by molar-refractivity contribution is 0.938. The van der Waals surface area contributed by atoms with Gasteiger partial charge in [-0.3, -0.25) is 5.09 Å². The van der Waals surface area contributed by atoms with Crippen molar-refractivity contribution in [2.75, 3.05) is 18.4 Å². The number of aromatic amines is 1. The summed E-state index contributed by atoms with van der Waals surface area (Å²) in [6, 6.07) is 26.9. The Balaban J connectivity index is 1.40. The SMILES string of the molecule is Clc1ccc2nc(NCCNP(c3ccccc3)c3ccccc3)[nH]c2c1. The predicted molar refractivity (Wildman–Crippen MR) is 117 cm³/mol. The molecule has 0 aliphatic rings. The fourth-order valence-electron chi connectivity index (χ4n) is 2.90. The van der Waals surface area contributed by atoms with E-state index < -0.39 is 8.07 Å². The van der Waals surface area contributed by atoms with Gasteiger partial charge in [0.2, 0.25) is 5.95 Å². The number of H-pyrrole nitrogens is 1. The van der Waals surface area contributed by atoms with Gasteiger partial charge >= 0.3 is 0 Å². The molecule has 1 aromatic heterocycles. The summed E-state index contributed by atoms with van der Waals surface area (Å²) in [6.45, 7) is 1.60. The molecule has 0 spiro atoms. The minimum atomic E-state index is -0.593. The number of fused-ring (bicyclic) bond motifs is 1. The third-order valence-corrected chi connectivity index (χ3v) is 6.56. The molecule has 3 aromatic carbocycles. The summed E-state index contributed by atoms with van der Waals surface area (Å²) in [5, 5.41) is 10.4. The molecule has 0 fully saturated rings. The van der Waals surface area contributed by atoms with Crippen molar-refractivity contribution in [1.82, 2.24) is 15.1 Å². The Morgan fingerprint density at radius 2 is 1.52 bits per heavy atom. The molecule has 4 rings (SSSR count). The number of hydrogen-bond donors (Lipinski definition) is 3. The highest BCUT2D eigenvalue weighted by Crippen LogP contribution is 2.27. The van der Waals surface area contributed by atoms with Crippen LogP contribution in [-0.4, -0.2) is 23.1 Å². The van der Waals surface area contributed by atoms with E-state index in [9.17, 15) is 0 Å². The summed E-state index contributed by atoms with van der Waals surface area (Å²) in [5.41, 5.74) is 1.85.